The highest BCUT2D eigenvalue weighted by Crippen LogP contribution is 2.00. The second-order valence-electron chi connectivity index (χ2n) is 3.29. The Morgan fingerprint density at radius 2 is 1.80 bits per heavy atom. The Balaban J connectivity index is 3.71. The highest BCUT2D eigenvalue weighted by molar-refractivity contribution is 7.78. The van der Waals surface area contributed by atoms with Crippen molar-refractivity contribution in [3.63, 3.8) is 0 Å². The Bertz CT molecular complexity index is 99.4. The summed E-state index contributed by atoms with van der Waals surface area (Å²) in [5.74, 6) is 0.696. The minimum absolute atomic E-state index is 0.542. The molecule has 0 fully saturated rings. The summed E-state index contributed by atoms with van der Waals surface area (Å²) in [7, 11) is 0. The van der Waals surface area contributed by atoms with E-state index >= 15 is 0 Å². The zero-order valence-corrected chi connectivity index (χ0v) is 8.11. The van der Waals surface area contributed by atoms with Crippen molar-refractivity contribution in [1.29, 1.82) is 0 Å². The standard InChI is InChI=1S/C8H17NS/c1-7(2)5-9(6-10)8(3)4/h6-8H,5H2,1-4H3. The highest BCUT2D eigenvalue weighted by Gasteiger charge is 2.05. The minimum atomic E-state index is 0.542. The first kappa shape index (κ1) is 9.89. The van der Waals surface area contributed by atoms with Crippen molar-refractivity contribution in [2.45, 2.75) is 33.7 Å². The summed E-state index contributed by atoms with van der Waals surface area (Å²) in [6.07, 6.45) is 0. The van der Waals surface area contributed by atoms with Gasteiger partial charge in [-0.05, 0) is 19.8 Å². The predicted molar refractivity (Wildman–Crippen MR) is 50.3 cm³/mol. The Kier molecular flexibility index (Phi) is 4.62. The summed E-state index contributed by atoms with van der Waals surface area (Å²) in [5, 5.41) is 0. The molecule has 0 unspecified atom stereocenters. The summed E-state index contributed by atoms with van der Waals surface area (Å²) < 4.78 is 0. The van der Waals surface area contributed by atoms with Crippen molar-refractivity contribution < 1.29 is 0 Å². The lowest BCUT2D eigenvalue weighted by atomic mass is 10.2. The number of hydrogen-bond acceptors (Lipinski definition) is 1. The van der Waals surface area contributed by atoms with E-state index in [1.807, 2.05) is 0 Å². The van der Waals surface area contributed by atoms with Crippen LogP contribution in [0, 0.1) is 5.92 Å². The van der Waals surface area contributed by atoms with Crippen molar-refractivity contribution in [2.75, 3.05) is 6.54 Å². The molecule has 0 aliphatic carbocycles. The summed E-state index contributed by atoms with van der Waals surface area (Å²) in [6, 6.07) is 0.542. The lowest BCUT2D eigenvalue weighted by Gasteiger charge is -2.25. The van der Waals surface area contributed by atoms with Crippen LogP contribution in [0.2, 0.25) is 0 Å². The molecule has 0 aromatic carbocycles. The highest BCUT2D eigenvalue weighted by atomic mass is 32.1. The molecular formula is C8H17NS. The zero-order chi connectivity index (χ0) is 8.15. The SMILES string of the molecule is CC(C)CN(C=S)C(C)C. The molecule has 1 nitrogen and oxygen atoms in total. The summed E-state index contributed by atoms with van der Waals surface area (Å²) in [4.78, 5) is 2.18. The van der Waals surface area contributed by atoms with E-state index in [4.69, 9.17) is 12.2 Å². The van der Waals surface area contributed by atoms with E-state index in [1.54, 1.807) is 5.49 Å². The number of hydrogen-bond donors (Lipinski definition) is 0. The third kappa shape index (κ3) is 3.83. The average molecular weight is 159 g/mol. The predicted octanol–water partition coefficient (Wildman–Crippen LogP) is 2.31. The Morgan fingerprint density at radius 1 is 1.30 bits per heavy atom. The molecule has 60 valence electrons. The Morgan fingerprint density at radius 3 is 1.90 bits per heavy atom. The van der Waals surface area contributed by atoms with E-state index < -0.39 is 0 Å². The maximum atomic E-state index is 4.87. The van der Waals surface area contributed by atoms with Gasteiger partial charge in [0.1, 0.15) is 0 Å². The van der Waals surface area contributed by atoms with Gasteiger partial charge in [-0.25, -0.2) is 0 Å². The zero-order valence-electron chi connectivity index (χ0n) is 7.29. The normalized spacial score (nSPS) is 10.6. The van der Waals surface area contributed by atoms with Gasteiger partial charge < -0.3 is 4.90 Å². The van der Waals surface area contributed by atoms with E-state index in [0.717, 1.165) is 6.54 Å². The van der Waals surface area contributed by atoms with Crippen LogP contribution in [0.4, 0.5) is 0 Å². The topological polar surface area (TPSA) is 3.24 Å². The molecule has 0 N–H and O–H groups in total. The van der Waals surface area contributed by atoms with E-state index in [0.29, 0.717) is 12.0 Å². The molecule has 0 spiro atoms. The summed E-state index contributed by atoms with van der Waals surface area (Å²) in [5.41, 5.74) is 1.75. The van der Waals surface area contributed by atoms with Gasteiger partial charge in [0.05, 0.1) is 5.49 Å². The molecular weight excluding hydrogens is 142 g/mol. The molecule has 0 bridgehead atoms. The molecule has 10 heavy (non-hydrogen) atoms. The van der Waals surface area contributed by atoms with Crippen molar-refractivity contribution >= 4 is 17.7 Å². The van der Waals surface area contributed by atoms with Crippen LogP contribution < -0.4 is 0 Å². The van der Waals surface area contributed by atoms with Gasteiger partial charge in [0, 0.05) is 12.6 Å². The van der Waals surface area contributed by atoms with Crippen LogP contribution in [0.25, 0.3) is 0 Å². The molecule has 0 rings (SSSR count). The monoisotopic (exact) mass is 159 g/mol. The first-order valence-corrected chi connectivity index (χ1v) is 4.26. The third-order valence-corrected chi connectivity index (χ3v) is 1.65. The van der Waals surface area contributed by atoms with Crippen LogP contribution in [-0.4, -0.2) is 23.0 Å². The fourth-order valence-electron chi connectivity index (χ4n) is 0.797. The average Bonchev–Trinajstić information content (AvgIpc) is 1.81. The van der Waals surface area contributed by atoms with Gasteiger partial charge in [0.15, 0.2) is 0 Å². The van der Waals surface area contributed by atoms with Crippen LogP contribution in [-0.2, 0) is 0 Å². The molecule has 0 heterocycles. The second kappa shape index (κ2) is 4.67. The van der Waals surface area contributed by atoms with Crippen molar-refractivity contribution in [3.8, 4) is 0 Å². The first-order chi connectivity index (χ1) is 4.57. The van der Waals surface area contributed by atoms with E-state index in [2.05, 4.69) is 32.6 Å². The number of nitrogens with zero attached hydrogens (tertiary/aromatic N) is 1. The molecule has 0 aromatic heterocycles. The maximum Gasteiger partial charge on any atom is 0.0643 e. The molecule has 0 aromatic rings. The molecule has 0 aliphatic heterocycles. The van der Waals surface area contributed by atoms with Crippen LogP contribution >= 0.6 is 12.2 Å². The molecule has 0 amide bonds. The minimum Gasteiger partial charge on any atom is -0.366 e. The molecule has 0 aliphatic rings. The van der Waals surface area contributed by atoms with Crippen LogP contribution in [0.15, 0.2) is 0 Å². The van der Waals surface area contributed by atoms with Crippen LogP contribution in [0.5, 0.6) is 0 Å². The number of thiocarbonyl (C=S) groups is 1. The lowest BCUT2D eigenvalue weighted by molar-refractivity contribution is 0.324. The summed E-state index contributed by atoms with van der Waals surface area (Å²) in [6.45, 7) is 9.79. The quantitative estimate of drug-likeness (QED) is 0.579. The van der Waals surface area contributed by atoms with E-state index in [-0.39, 0.29) is 0 Å². The molecule has 0 saturated carbocycles. The Hall–Kier alpha value is -0.110. The molecule has 2 heteroatoms. The van der Waals surface area contributed by atoms with Gasteiger partial charge in [-0.3, -0.25) is 0 Å². The third-order valence-electron chi connectivity index (χ3n) is 1.37. The summed E-state index contributed by atoms with van der Waals surface area (Å²) >= 11 is 4.87. The smallest absolute Gasteiger partial charge is 0.0643 e. The van der Waals surface area contributed by atoms with Crippen molar-refractivity contribution in [3.05, 3.63) is 0 Å². The fraction of sp³-hybridized carbons (Fsp3) is 0.875. The van der Waals surface area contributed by atoms with Gasteiger partial charge >= 0.3 is 0 Å². The van der Waals surface area contributed by atoms with Gasteiger partial charge in [-0.2, -0.15) is 0 Å². The second-order valence-corrected chi connectivity index (χ2v) is 3.50. The maximum absolute atomic E-state index is 4.87. The van der Waals surface area contributed by atoms with E-state index in [1.165, 1.54) is 0 Å². The van der Waals surface area contributed by atoms with Gasteiger partial charge in [-0.1, -0.05) is 26.1 Å². The van der Waals surface area contributed by atoms with Crippen LogP contribution in [0.3, 0.4) is 0 Å². The van der Waals surface area contributed by atoms with Gasteiger partial charge in [0.25, 0.3) is 0 Å². The van der Waals surface area contributed by atoms with Crippen molar-refractivity contribution in [1.82, 2.24) is 4.90 Å². The first-order valence-electron chi connectivity index (χ1n) is 3.79. The molecule has 0 atom stereocenters. The van der Waals surface area contributed by atoms with E-state index in [9.17, 15) is 0 Å². The van der Waals surface area contributed by atoms with Crippen LogP contribution in [0.1, 0.15) is 27.7 Å². The lowest BCUT2D eigenvalue weighted by Crippen LogP contribution is -2.31. The largest absolute Gasteiger partial charge is 0.366 e. The molecule has 0 saturated heterocycles. The van der Waals surface area contributed by atoms with Crippen molar-refractivity contribution in [2.24, 2.45) is 5.92 Å². The molecule has 0 radical (unpaired) electrons. The fourth-order valence-corrected chi connectivity index (χ4v) is 1.13. The van der Waals surface area contributed by atoms with Gasteiger partial charge in [-0.15, -0.1) is 0 Å². The Labute approximate surface area is 69.4 Å². The number of rotatable bonds is 4. The van der Waals surface area contributed by atoms with Gasteiger partial charge in [0.2, 0.25) is 0 Å².